The third-order valence-corrected chi connectivity index (χ3v) is 7.34. The van der Waals surface area contributed by atoms with Gasteiger partial charge in [-0.15, -0.1) is 0 Å². The summed E-state index contributed by atoms with van der Waals surface area (Å²) in [4.78, 5) is 21.0. The van der Waals surface area contributed by atoms with Crippen molar-refractivity contribution >= 4 is 5.91 Å². The standard InChI is InChI=1S/C29H31FN2O2/c30-25-13-11-22(12-14-25)20-26-9-4-10-27(31-26)23-6-5-17-32(21-23)28(33)29(15-18-34-19-16-29)24-7-2-1-3-8-24/h1-4,7-14,23H,5-6,15-21H2. The number of likely N-dealkylation sites (tertiary alicyclic amines) is 1. The van der Waals surface area contributed by atoms with Crippen molar-refractivity contribution in [3.8, 4) is 0 Å². The lowest BCUT2D eigenvalue weighted by molar-refractivity contribution is -0.142. The van der Waals surface area contributed by atoms with E-state index in [1.165, 1.54) is 12.1 Å². The van der Waals surface area contributed by atoms with E-state index >= 15 is 0 Å². The molecule has 34 heavy (non-hydrogen) atoms. The maximum absolute atomic E-state index is 14.0. The molecular formula is C29H31FN2O2. The highest BCUT2D eigenvalue weighted by Crippen LogP contribution is 2.38. The first-order valence-corrected chi connectivity index (χ1v) is 12.3. The number of carbonyl (C=O) groups excluding carboxylic acids is 1. The summed E-state index contributed by atoms with van der Waals surface area (Å²) >= 11 is 0. The first-order chi connectivity index (χ1) is 16.6. The van der Waals surface area contributed by atoms with E-state index in [2.05, 4.69) is 23.1 Å². The van der Waals surface area contributed by atoms with E-state index in [1.807, 2.05) is 42.5 Å². The Morgan fingerprint density at radius 2 is 1.76 bits per heavy atom. The third kappa shape index (κ3) is 4.76. The predicted molar refractivity (Wildman–Crippen MR) is 130 cm³/mol. The number of nitrogens with zero attached hydrogens (tertiary/aromatic N) is 2. The van der Waals surface area contributed by atoms with Gasteiger partial charge in [0.2, 0.25) is 5.91 Å². The average molecular weight is 459 g/mol. The van der Waals surface area contributed by atoms with Crippen LogP contribution in [0.5, 0.6) is 0 Å². The lowest BCUT2D eigenvalue weighted by Gasteiger charge is -2.42. The first-order valence-electron chi connectivity index (χ1n) is 12.3. The molecule has 5 heteroatoms. The van der Waals surface area contributed by atoms with Crippen molar-refractivity contribution in [1.29, 1.82) is 0 Å². The summed E-state index contributed by atoms with van der Waals surface area (Å²) < 4.78 is 18.9. The monoisotopic (exact) mass is 458 g/mol. The van der Waals surface area contributed by atoms with E-state index in [0.717, 1.165) is 54.7 Å². The highest BCUT2D eigenvalue weighted by Gasteiger charge is 2.45. The van der Waals surface area contributed by atoms with Crippen LogP contribution < -0.4 is 0 Å². The van der Waals surface area contributed by atoms with Gasteiger partial charge in [-0.1, -0.05) is 48.5 Å². The van der Waals surface area contributed by atoms with E-state index in [-0.39, 0.29) is 17.6 Å². The number of carbonyl (C=O) groups is 1. The second kappa shape index (κ2) is 10.1. The molecule has 0 spiro atoms. The van der Waals surface area contributed by atoms with Crippen LogP contribution >= 0.6 is 0 Å². The summed E-state index contributed by atoms with van der Waals surface area (Å²) in [5.41, 5.74) is 3.65. The van der Waals surface area contributed by atoms with Crippen LogP contribution in [0.1, 0.15) is 54.1 Å². The van der Waals surface area contributed by atoms with Crippen LogP contribution in [0.3, 0.4) is 0 Å². The number of benzene rings is 2. The van der Waals surface area contributed by atoms with Crippen molar-refractivity contribution in [2.45, 2.75) is 43.4 Å². The molecule has 5 rings (SSSR count). The minimum absolute atomic E-state index is 0.221. The molecule has 0 saturated carbocycles. The molecule has 2 fully saturated rings. The van der Waals surface area contributed by atoms with Gasteiger partial charge in [0.05, 0.1) is 5.41 Å². The summed E-state index contributed by atoms with van der Waals surface area (Å²) in [6, 6.07) is 23.0. The molecule has 2 aliphatic rings. The van der Waals surface area contributed by atoms with Gasteiger partial charge in [0.15, 0.2) is 0 Å². The number of amides is 1. The minimum Gasteiger partial charge on any atom is -0.381 e. The number of pyridine rings is 1. The zero-order chi connectivity index (χ0) is 23.4. The summed E-state index contributed by atoms with van der Waals surface area (Å²) in [6.07, 6.45) is 4.12. The van der Waals surface area contributed by atoms with Gasteiger partial charge >= 0.3 is 0 Å². The van der Waals surface area contributed by atoms with Crippen molar-refractivity contribution in [2.24, 2.45) is 0 Å². The molecule has 0 bridgehead atoms. The molecule has 1 amide bonds. The molecule has 176 valence electrons. The molecule has 2 saturated heterocycles. The second-order valence-electron chi connectivity index (χ2n) is 9.51. The fraction of sp³-hybridized carbons (Fsp3) is 0.379. The van der Waals surface area contributed by atoms with E-state index < -0.39 is 5.41 Å². The SMILES string of the molecule is O=C(N1CCCC(c2cccc(Cc3ccc(F)cc3)n2)C1)C1(c2ccccc2)CCOCC1. The lowest BCUT2D eigenvalue weighted by Crippen LogP contribution is -2.52. The van der Waals surface area contributed by atoms with Crippen LogP contribution in [-0.4, -0.2) is 42.1 Å². The second-order valence-corrected chi connectivity index (χ2v) is 9.51. The van der Waals surface area contributed by atoms with Gasteiger partial charge in [-0.2, -0.15) is 0 Å². The van der Waals surface area contributed by atoms with Gasteiger partial charge in [-0.05, 0) is 61.1 Å². The van der Waals surface area contributed by atoms with Gasteiger partial charge in [-0.3, -0.25) is 9.78 Å². The van der Waals surface area contributed by atoms with Gasteiger partial charge < -0.3 is 9.64 Å². The first kappa shape index (κ1) is 22.7. The number of rotatable bonds is 5. The van der Waals surface area contributed by atoms with Crippen molar-refractivity contribution < 1.29 is 13.9 Å². The number of hydrogen-bond acceptors (Lipinski definition) is 3. The predicted octanol–water partition coefficient (Wildman–Crippen LogP) is 5.27. The fourth-order valence-corrected chi connectivity index (χ4v) is 5.44. The van der Waals surface area contributed by atoms with Crippen LogP contribution in [0.2, 0.25) is 0 Å². The summed E-state index contributed by atoms with van der Waals surface area (Å²) in [5.74, 6) is 0.225. The number of ether oxygens (including phenoxy) is 1. The van der Waals surface area contributed by atoms with Crippen LogP contribution in [0.4, 0.5) is 4.39 Å². The smallest absolute Gasteiger partial charge is 0.233 e. The number of aromatic nitrogens is 1. The van der Waals surface area contributed by atoms with Crippen molar-refractivity contribution in [1.82, 2.24) is 9.88 Å². The molecule has 3 heterocycles. The molecule has 2 aliphatic heterocycles. The molecule has 0 N–H and O–H groups in total. The molecule has 2 aromatic carbocycles. The fourth-order valence-electron chi connectivity index (χ4n) is 5.44. The largest absolute Gasteiger partial charge is 0.381 e. The highest BCUT2D eigenvalue weighted by atomic mass is 19.1. The molecule has 4 nitrogen and oxygen atoms in total. The molecule has 3 aromatic rings. The highest BCUT2D eigenvalue weighted by molar-refractivity contribution is 5.88. The Morgan fingerprint density at radius 1 is 1.00 bits per heavy atom. The molecular weight excluding hydrogens is 427 g/mol. The Morgan fingerprint density at radius 3 is 2.53 bits per heavy atom. The van der Waals surface area contributed by atoms with Crippen LogP contribution in [0.15, 0.2) is 72.8 Å². The quantitative estimate of drug-likeness (QED) is 0.523. The average Bonchev–Trinajstić information content (AvgIpc) is 2.91. The minimum atomic E-state index is -0.501. The van der Waals surface area contributed by atoms with Gasteiger partial charge in [0, 0.05) is 50.0 Å². The zero-order valence-electron chi connectivity index (χ0n) is 19.5. The Balaban J connectivity index is 1.34. The summed E-state index contributed by atoms with van der Waals surface area (Å²) in [7, 11) is 0. The van der Waals surface area contributed by atoms with Gasteiger partial charge in [0.25, 0.3) is 0 Å². The summed E-state index contributed by atoms with van der Waals surface area (Å²) in [6.45, 7) is 2.72. The number of halogens is 1. The molecule has 1 aromatic heterocycles. The van der Waals surface area contributed by atoms with E-state index in [1.54, 1.807) is 0 Å². The zero-order valence-corrected chi connectivity index (χ0v) is 19.5. The molecule has 1 unspecified atom stereocenters. The van der Waals surface area contributed by atoms with Crippen LogP contribution in [0.25, 0.3) is 0 Å². The van der Waals surface area contributed by atoms with Crippen LogP contribution in [-0.2, 0) is 21.4 Å². The topological polar surface area (TPSA) is 42.4 Å². The summed E-state index contributed by atoms with van der Waals surface area (Å²) in [5, 5.41) is 0. The van der Waals surface area contributed by atoms with E-state index in [4.69, 9.17) is 9.72 Å². The Kier molecular flexibility index (Phi) is 6.73. The number of piperidine rings is 1. The third-order valence-electron chi connectivity index (χ3n) is 7.34. The van der Waals surface area contributed by atoms with Crippen molar-refractivity contribution in [3.05, 3.63) is 101 Å². The molecule has 1 atom stereocenters. The Bertz CT molecular complexity index is 1110. The van der Waals surface area contributed by atoms with Crippen LogP contribution in [0, 0.1) is 5.82 Å². The van der Waals surface area contributed by atoms with E-state index in [0.29, 0.717) is 26.2 Å². The maximum Gasteiger partial charge on any atom is 0.233 e. The van der Waals surface area contributed by atoms with Crippen molar-refractivity contribution in [2.75, 3.05) is 26.3 Å². The Hall–Kier alpha value is -3.05. The van der Waals surface area contributed by atoms with Gasteiger partial charge in [-0.25, -0.2) is 4.39 Å². The Labute approximate surface area is 200 Å². The van der Waals surface area contributed by atoms with E-state index in [9.17, 15) is 9.18 Å². The molecule has 0 aliphatic carbocycles. The molecule has 0 radical (unpaired) electrons. The van der Waals surface area contributed by atoms with Gasteiger partial charge in [0.1, 0.15) is 5.82 Å². The number of hydrogen-bond donors (Lipinski definition) is 0. The maximum atomic E-state index is 14.0. The lowest BCUT2D eigenvalue weighted by atomic mass is 9.72. The van der Waals surface area contributed by atoms with Crippen molar-refractivity contribution in [3.63, 3.8) is 0 Å². The normalized spacial score (nSPS) is 20.1.